The summed E-state index contributed by atoms with van der Waals surface area (Å²) in [7, 11) is 12.9. The standard InChI is InChI=1S/C31H51N6S/c1-8-9-20-36(21-10-17-33(2)3)26-13-15-28-30(24-26)38-31-25-27(14-16-29(31)32-28)37(22-11-18-34(4)5)23-12-19-35(6)7/h13-16,24-25H,8-12,17-23H2,1-7H3/q+1. The molecule has 1 aromatic carbocycles. The van der Waals surface area contributed by atoms with Crippen LogP contribution < -0.4 is 14.8 Å². The summed E-state index contributed by atoms with van der Waals surface area (Å²) in [4.78, 5) is 15.7. The summed E-state index contributed by atoms with van der Waals surface area (Å²) >= 11 is 1.88. The summed E-state index contributed by atoms with van der Waals surface area (Å²) in [5.41, 5.74) is 3.51. The summed E-state index contributed by atoms with van der Waals surface area (Å²) < 4.78 is 3.84. The Morgan fingerprint density at radius 2 is 1.34 bits per heavy atom. The minimum atomic E-state index is 1.08. The minimum absolute atomic E-state index is 1.08. The van der Waals surface area contributed by atoms with E-state index < -0.39 is 0 Å². The van der Waals surface area contributed by atoms with Gasteiger partial charge in [-0.1, -0.05) is 13.3 Å². The second kappa shape index (κ2) is 15.5. The first kappa shape index (κ1) is 30.5. The molecule has 38 heavy (non-hydrogen) atoms. The third kappa shape index (κ3) is 9.60. The number of fused-ring (bicyclic) bond motifs is 2. The first-order chi connectivity index (χ1) is 18.3. The molecule has 0 unspecified atom stereocenters. The lowest BCUT2D eigenvalue weighted by atomic mass is 10.2. The Morgan fingerprint density at radius 1 is 0.711 bits per heavy atom. The van der Waals surface area contributed by atoms with Crippen LogP contribution in [0.2, 0.25) is 0 Å². The van der Waals surface area contributed by atoms with Crippen molar-refractivity contribution in [1.82, 2.24) is 24.3 Å². The van der Waals surface area contributed by atoms with Crippen LogP contribution in [0.15, 0.2) is 36.4 Å². The number of aromatic nitrogens is 1. The van der Waals surface area contributed by atoms with E-state index in [2.05, 4.69) is 110 Å². The first-order valence-electron chi connectivity index (χ1n) is 14.4. The highest BCUT2D eigenvalue weighted by Crippen LogP contribution is 2.32. The molecule has 0 bridgehead atoms. The van der Waals surface area contributed by atoms with Gasteiger partial charge >= 0.3 is 0 Å². The zero-order valence-corrected chi connectivity index (χ0v) is 25.9. The molecular formula is C31H51N6S+. The van der Waals surface area contributed by atoms with Gasteiger partial charge in [-0.3, -0.25) is 0 Å². The van der Waals surface area contributed by atoms with Gasteiger partial charge in [-0.2, -0.15) is 0 Å². The molecule has 0 saturated heterocycles. The van der Waals surface area contributed by atoms with Crippen molar-refractivity contribution in [2.45, 2.75) is 39.0 Å². The summed E-state index contributed by atoms with van der Waals surface area (Å²) in [5.74, 6) is 0. The molecule has 0 N–H and O–H groups in total. The maximum Gasteiger partial charge on any atom is 0.201 e. The number of nitrogens with zero attached hydrogens (tertiary/aromatic N) is 6. The largest absolute Gasteiger partial charge is 0.371 e. The maximum atomic E-state index is 5.05. The van der Waals surface area contributed by atoms with E-state index in [9.17, 15) is 0 Å². The van der Waals surface area contributed by atoms with Gasteiger partial charge in [0.2, 0.25) is 5.36 Å². The minimum Gasteiger partial charge on any atom is -0.371 e. The molecule has 6 nitrogen and oxygen atoms in total. The lowest BCUT2D eigenvalue weighted by Gasteiger charge is -2.26. The highest BCUT2D eigenvalue weighted by atomic mass is 32.1. The molecule has 0 aromatic heterocycles. The van der Waals surface area contributed by atoms with Crippen LogP contribution in [0.25, 0.3) is 20.8 Å². The van der Waals surface area contributed by atoms with E-state index in [4.69, 9.17) is 4.98 Å². The Morgan fingerprint density at radius 3 is 1.97 bits per heavy atom. The van der Waals surface area contributed by atoms with Gasteiger partial charge in [0, 0.05) is 56.8 Å². The van der Waals surface area contributed by atoms with Crippen molar-refractivity contribution in [3.05, 3.63) is 41.8 Å². The Labute approximate surface area is 235 Å². The van der Waals surface area contributed by atoms with E-state index in [0.29, 0.717) is 0 Å². The van der Waals surface area contributed by atoms with E-state index >= 15 is 0 Å². The van der Waals surface area contributed by atoms with Crippen LogP contribution in [0.1, 0.15) is 39.0 Å². The average Bonchev–Trinajstić information content (AvgIpc) is 2.87. The van der Waals surface area contributed by atoms with E-state index in [0.717, 1.165) is 69.9 Å². The molecule has 0 saturated carbocycles. The van der Waals surface area contributed by atoms with Gasteiger partial charge in [0.05, 0.1) is 20.8 Å². The molecule has 2 aliphatic rings. The fourth-order valence-electron chi connectivity index (χ4n) is 4.82. The van der Waals surface area contributed by atoms with Crippen molar-refractivity contribution in [2.75, 3.05) is 93.0 Å². The van der Waals surface area contributed by atoms with Gasteiger partial charge in [-0.05, 0) is 85.9 Å². The van der Waals surface area contributed by atoms with Crippen LogP contribution in [0.4, 0.5) is 5.69 Å². The van der Waals surface area contributed by atoms with Gasteiger partial charge in [0.1, 0.15) is 13.1 Å². The van der Waals surface area contributed by atoms with Crippen molar-refractivity contribution in [1.29, 1.82) is 0 Å². The van der Waals surface area contributed by atoms with Gasteiger partial charge in [0.15, 0.2) is 0 Å². The van der Waals surface area contributed by atoms with Crippen molar-refractivity contribution in [2.24, 2.45) is 0 Å². The van der Waals surface area contributed by atoms with Crippen molar-refractivity contribution in [3.63, 3.8) is 0 Å². The summed E-state index contributed by atoms with van der Waals surface area (Å²) in [6.45, 7) is 9.97. The zero-order chi connectivity index (χ0) is 27.5. The predicted octanol–water partition coefficient (Wildman–Crippen LogP) is 4.63. The first-order valence-corrected chi connectivity index (χ1v) is 15.2. The number of rotatable bonds is 16. The van der Waals surface area contributed by atoms with Crippen molar-refractivity contribution < 1.29 is 0 Å². The molecule has 7 heteroatoms. The Bertz CT molecular complexity index is 1140. The second-order valence-electron chi connectivity index (χ2n) is 11.3. The van der Waals surface area contributed by atoms with Gasteiger partial charge in [-0.15, -0.1) is 11.3 Å². The second-order valence-corrected chi connectivity index (χ2v) is 12.4. The molecular weight excluding hydrogens is 488 g/mol. The molecule has 1 aliphatic heterocycles. The number of hydrogen-bond donors (Lipinski definition) is 0. The molecule has 3 rings (SSSR count). The number of unbranched alkanes of at least 4 members (excludes halogenated alkanes) is 1. The molecule has 0 amide bonds. The van der Waals surface area contributed by atoms with Crippen LogP contribution in [-0.4, -0.2) is 108 Å². The highest BCUT2D eigenvalue weighted by Gasteiger charge is 2.14. The zero-order valence-electron chi connectivity index (χ0n) is 25.0. The van der Waals surface area contributed by atoms with E-state index in [1.807, 2.05) is 11.3 Å². The Hall–Kier alpha value is -2.06. The van der Waals surface area contributed by atoms with Crippen LogP contribution in [0.5, 0.6) is 0 Å². The number of anilines is 1. The normalized spacial score (nSPS) is 11.9. The van der Waals surface area contributed by atoms with E-state index in [-0.39, 0.29) is 0 Å². The number of benzene rings is 2. The van der Waals surface area contributed by atoms with Crippen LogP contribution >= 0.6 is 11.3 Å². The third-order valence-electron chi connectivity index (χ3n) is 6.96. The molecule has 210 valence electrons. The average molecular weight is 540 g/mol. The predicted molar refractivity (Wildman–Crippen MR) is 168 cm³/mol. The molecule has 0 spiro atoms. The SMILES string of the molecule is CCCCN(CCCN(C)C)c1ccc2nc3ccc(=[N+](CCCN(C)C)CCCN(C)C)cc-3sc2c1. The Balaban J connectivity index is 1.95. The molecule has 1 heterocycles. The van der Waals surface area contributed by atoms with Gasteiger partial charge < -0.3 is 19.6 Å². The van der Waals surface area contributed by atoms with Crippen LogP contribution in [0.3, 0.4) is 0 Å². The quantitative estimate of drug-likeness (QED) is 0.196. The number of hydrogen-bond acceptors (Lipinski definition) is 6. The van der Waals surface area contributed by atoms with Crippen molar-refractivity contribution in [3.8, 4) is 10.6 Å². The third-order valence-corrected chi connectivity index (χ3v) is 8.05. The maximum absolute atomic E-state index is 5.05. The molecule has 0 atom stereocenters. The molecule has 0 radical (unpaired) electrons. The molecule has 1 aromatic rings. The van der Waals surface area contributed by atoms with Gasteiger partial charge in [0.25, 0.3) is 0 Å². The van der Waals surface area contributed by atoms with Crippen LogP contribution in [0, 0.1) is 0 Å². The van der Waals surface area contributed by atoms with E-state index in [1.54, 1.807) is 0 Å². The van der Waals surface area contributed by atoms with Crippen molar-refractivity contribution >= 4 is 27.2 Å². The Kier molecular flexibility index (Phi) is 12.4. The topological polar surface area (TPSA) is 28.9 Å². The fourth-order valence-corrected chi connectivity index (χ4v) is 5.85. The summed E-state index contributed by atoms with van der Waals surface area (Å²) in [5, 5.41) is 1.32. The lowest BCUT2D eigenvalue weighted by molar-refractivity contribution is 0.366. The fraction of sp³-hybridized carbons (Fsp3) is 0.613. The summed E-state index contributed by atoms with van der Waals surface area (Å²) in [6, 6.07) is 13.7. The molecule has 0 fully saturated rings. The molecule has 1 aliphatic carbocycles. The monoisotopic (exact) mass is 539 g/mol. The lowest BCUT2D eigenvalue weighted by Crippen LogP contribution is -2.34. The highest BCUT2D eigenvalue weighted by molar-refractivity contribution is 7.21. The van der Waals surface area contributed by atoms with E-state index in [1.165, 1.54) is 39.9 Å². The summed E-state index contributed by atoms with van der Waals surface area (Å²) in [6.07, 6.45) is 5.94. The smallest absolute Gasteiger partial charge is 0.201 e. The van der Waals surface area contributed by atoms with Crippen LogP contribution in [-0.2, 0) is 0 Å². The van der Waals surface area contributed by atoms with Gasteiger partial charge in [-0.25, -0.2) is 9.56 Å².